The van der Waals surface area contributed by atoms with Gasteiger partial charge in [-0.1, -0.05) is 12.1 Å². The van der Waals surface area contributed by atoms with Gasteiger partial charge in [-0.05, 0) is 25.1 Å². The zero-order chi connectivity index (χ0) is 17.1. The second-order valence-electron chi connectivity index (χ2n) is 6.68. The summed E-state index contributed by atoms with van der Waals surface area (Å²) in [5.74, 6) is 0.0330. The third-order valence-electron chi connectivity index (χ3n) is 4.90. The molecule has 1 N–H and O–H groups in total. The van der Waals surface area contributed by atoms with Crippen molar-refractivity contribution in [1.29, 1.82) is 0 Å². The van der Waals surface area contributed by atoms with Gasteiger partial charge in [0, 0.05) is 52.6 Å². The molecule has 0 radical (unpaired) electrons. The Morgan fingerprint density at radius 3 is 2.58 bits per heavy atom. The van der Waals surface area contributed by atoms with Gasteiger partial charge in [0.05, 0.1) is 11.4 Å². The zero-order valence-electron chi connectivity index (χ0n) is 14.5. The Hall–Kier alpha value is -1.92. The lowest BCUT2D eigenvalue weighted by atomic mass is 10.1. The summed E-state index contributed by atoms with van der Waals surface area (Å²) in [4.78, 5) is 30.5. The van der Waals surface area contributed by atoms with Gasteiger partial charge >= 0.3 is 0 Å². The molecule has 2 amide bonds. The normalized spacial score (nSPS) is 18.5. The Bertz CT molecular complexity index is 623. The Morgan fingerprint density at radius 2 is 1.88 bits per heavy atom. The van der Waals surface area contributed by atoms with Crippen LogP contribution >= 0.6 is 0 Å². The van der Waals surface area contributed by atoms with Gasteiger partial charge in [-0.2, -0.15) is 0 Å². The van der Waals surface area contributed by atoms with E-state index in [1.54, 1.807) is 11.8 Å². The van der Waals surface area contributed by atoms with Crippen molar-refractivity contribution in [3.8, 4) is 0 Å². The number of anilines is 2. The Kier molecular flexibility index (Phi) is 5.16. The minimum atomic E-state index is 0.0118. The highest BCUT2D eigenvalue weighted by atomic mass is 16.2. The van der Waals surface area contributed by atoms with E-state index < -0.39 is 0 Å². The number of carbonyl (C=O) groups is 2. The number of rotatable bonds is 4. The average Bonchev–Trinajstić information content (AvgIpc) is 3.00. The number of fused-ring (bicyclic) bond motifs is 1. The van der Waals surface area contributed by atoms with Crippen LogP contribution in [0, 0.1) is 0 Å². The molecule has 0 bridgehead atoms. The molecule has 6 nitrogen and oxygen atoms in total. The van der Waals surface area contributed by atoms with Crippen LogP contribution in [0.1, 0.15) is 18.9 Å². The van der Waals surface area contributed by atoms with E-state index in [-0.39, 0.29) is 11.8 Å². The summed E-state index contributed by atoms with van der Waals surface area (Å²) >= 11 is 0. The molecule has 2 aliphatic rings. The van der Waals surface area contributed by atoms with Gasteiger partial charge in [0.1, 0.15) is 0 Å². The van der Waals surface area contributed by atoms with Crippen molar-refractivity contribution >= 4 is 23.2 Å². The standard InChI is InChI=1S/C18H26N4O2/c1-14(23)22-9-6-15-4-3-5-16(18(15)22)19-17(24)7-8-21-12-10-20(2)11-13-21/h3-5H,6-13H2,1-2H3,(H,19,24). The smallest absolute Gasteiger partial charge is 0.225 e. The number of nitrogens with zero attached hydrogens (tertiary/aromatic N) is 3. The van der Waals surface area contributed by atoms with Crippen molar-refractivity contribution in [3.63, 3.8) is 0 Å². The Balaban J connectivity index is 1.59. The van der Waals surface area contributed by atoms with E-state index in [1.807, 2.05) is 18.2 Å². The summed E-state index contributed by atoms with van der Waals surface area (Å²) in [7, 11) is 2.13. The number of para-hydroxylation sites is 1. The maximum atomic E-state index is 12.3. The van der Waals surface area contributed by atoms with Crippen molar-refractivity contribution < 1.29 is 9.59 Å². The van der Waals surface area contributed by atoms with Gasteiger partial charge in [0.25, 0.3) is 0 Å². The summed E-state index contributed by atoms with van der Waals surface area (Å²) in [6, 6.07) is 5.85. The summed E-state index contributed by atoms with van der Waals surface area (Å²) in [5, 5.41) is 3.01. The molecule has 0 unspecified atom stereocenters. The SMILES string of the molecule is CC(=O)N1CCc2cccc(NC(=O)CCN3CCN(C)CC3)c21. The molecule has 0 aliphatic carbocycles. The number of piperazine rings is 1. The largest absolute Gasteiger partial charge is 0.324 e. The first-order valence-corrected chi connectivity index (χ1v) is 8.65. The summed E-state index contributed by atoms with van der Waals surface area (Å²) in [6.07, 6.45) is 1.33. The zero-order valence-corrected chi connectivity index (χ0v) is 14.5. The fourth-order valence-electron chi connectivity index (χ4n) is 3.42. The highest BCUT2D eigenvalue weighted by Gasteiger charge is 2.25. The summed E-state index contributed by atoms with van der Waals surface area (Å²) in [6.45, 7) is 7.19. The molecule has 2 aliphatic heterocycles. The number of hydrogen-bond donors (Lipinski definition) is 1. The van der Waals surface area contributed by atoms with E-state index >= 15 is 0 Å². The van der Waals surface area contributed by atoms with Crippen LogP contribution in [0.3, 0.4) is 0 Å². The Morgan fingerprint density at radius 1 is 1.12 bits per heavy atom. The number of carbonyl (C=O) groups excluding carboxylic acids is 2. The molecule has 0 aromatic heterocycles. The van der Waals surface area contributed by atoms with Crippen LogP contribution in [0.2, 0.25) is 0 Å². The number of benzene rings is 1. The first-order chi connectivity index (χ1) is 11.5. The van der Waals surface area contributed by atoms with Gasteiger partial charge in [-0.25, -0.2) is 0 Å². The first-order valence-electron chi connectivity index (χ1n) is 8.65. The molecular weight excluding hydrogens is 304 g/mol. The van der Waals surface area contributed by atoms with Crippen molar-refractivity contribution in [3.05, 3.63) is 23.8 Å². The lowest BCUT2D eigenvalue weighted by molar-refractivity contribution is -0.117. The van der Waals surface area contributed by atoms with Crippen LogP contribution in [-0.2, 0) is 16.0 Å². The molecular formula is C18H26N4O2. The first kappa shape index (κ1) is 16.9. The molecule has 6 heteroatoms. The maximum Gasteiger partial charge on any atom is 0.225 e. The second-order valence-corrected chi connectivity index (χ2v) is 6.68. The van der Waals surface area contributed by atoms with E-state index in [4.69, 9.17) is 0 Å². The van der Waals surface area contributed by atoms with Gasteiger partial charge in [0.2, 0.25) is 11.8 Å². The minimum Gasteiger partial charge on any atom is -0.324 e. The Labute approximate surface area is 143 Å². The number of amides is 2. The van der Waals surface area contributed by atoms with Crippen LogP contribution in [0.25, 0.3) is 0 Å². The molecule has 1 saturated heterocycles. The highest BCUT2D eigenvalue weighted by molar-refractivity contribution is 6.02. The molecule has 0 saturated carbocycles. The van der Waals surface area contributed by atoms with Gasteiger partial charge in [0.15, 0.2) is 0 Å². The van der Waals surface area contributed by atoms with E-state index in [0.717, 1.165) is 56.1 Å². The van der Waals surface area contributed by atoms with Gasteiger partial charge < -0.3 is 20.0 Å². The lowest BCUT2D eigenvalue weighted by Gasteiger charge is -2.32. The highest BCUT2D eigenvalue weighted by Crippen LogP contribution is 2.35. The number of likely N-dealkylation sites (N-methyl/N-ethyl adjacent to an activating group) is 1. The summed E-state index contributed by atoms with van der Waals surface area (Å²) < 4.78 is 0. The van der Waals surface area contributed by atoms with Crippen LogP contribution < -0.4 is 10.2 Å². The molecule has 0 spiro atoms. The van der Waals surface area contributed by atoms with Crippen LogP contribution in [0.15, 0.2) is 18.2 Å². The fraction of sp³-hybridized carbons (Fsp3) is 0.556. The molecule has 1 fully saturated rings. The predicted octanol–water partition coefficient (Wildman–Crippen LogP) is 1.17. The summed E-state index contributed by atoms with van der Waals surface area (Å²) in [5.41, 5.74) is 2.75. The molecule has 2 heterocycles. The molecule has 1 aromatic carbocycles. The van der Waals surface area contributed by atoms with Crippen LogP contribution in [-0.4, -0.2) is 67.9 Å². The second kappa shape index (κ2) is 7.32. The van der Waals surface area contributed by atoms with Crippen molar-refractivity contribution in [2.45, 2.75) is 19.8 Å². The van der Waals surface area contributed by atoms with E-state index in [0.29, 0.717) is 13.0 Å². The van der Waals surface area contributed by atoms with Crippen LogP contribution in [0.4, 0.5) is 11.4 Å². The molecule has 130 valence electrons. The molecule has 3 rings (SSSR count). The van der Waals surface area contributed by atoms with Crippen LogP contribution in [0.5, 0.6) is 0 Å². The number of hydrogen-bond acceptors (Lipinski definition) is 4. The van der Waals surface area contributed by atoms with Gasteiger partial charge in [-0.3, -0.25) is 9.59 Å². The topological polar surface area (TPSA) is 55.9 Å². The van der Waals surface area contributed by atoms with E-state index in [1.165, 1.54) is 0 Å². The van der Waals surface area contributed by atoms with Crippen molar-refractivity contribution in [2.24, 2.45) is 0 Å². The third kappa shape index (κ3) is 3.76. The molecule has 1 aromatic rings. The van der Waals surface area contributed by atoms with Crippen molar-refractivity contribution in [2.75, 3.05) is 56.5 Å². The van der Waals surface area contributed by atoms with Crippen molar-refractivity contribution in [1.82, 2.24) is 9.80 Å². The maximum absolute atomic E-state index is 12.3. The monoisotopic (exact) mass is 330 g/mol. The minimum absolute atomic E-state index is 0.0118. The third-order valence-corrected chi connectivity index (χ3v) is 4.90. The number of nitrogens with one attached hydrogen (secondary N) is 1. The lowest BCUT2D eigenvalue weighted by Crippen LogP contribution is -2.45. The average molecular weight is 330 g/mol. The molecule has 0 atom stereocenters. The predicted molar refractivity (Wildman–Crippen MR) is 95.4 cm³/mol. The van der Waals surface area contributed by atoms with E-state index in [9.17, 15) is 9.59 Å². The van der Waals surface area contributed by atoms with Gasteiger partial charge in [-0.15, -0.1) is 0 Å². The van der Waals surface area contributed by atoms with E-state index in [2.05, 4.69) is 22.2 Å². The molecule has 24 heavy (non-hydrogen) atoms. The quantitative estimate of drug-likeness (QED) is 0.900. The fourth-order valence-corrected chi connectivity index (χ4v) is 3.42.